The lowest BCUT2D eigenvalue weighted by atomic mass is 10.3. The molecule has 25 heavy (non-hydrogen) atoms. The lowest BCUT2D eigenvalue weighted by Crippen LogP contribution is -2.46. The van der Waals surface area contributed by atoms with Crippen LogP contribution in [0.2, 0.25) is 5.02 Å². The normalized spacial score (nSPS) is 12.3. The molecule has 0 amide bonds. The van der Waals surface area contributed by atoms with Crippen molar-refractivity contribution in [3.8, 4) is 5.82 Å². The van der Waals surface area contributed by atoms with E-state index in [0.29, 0.717) is 0 Å². The minimum absolute atomic E-state index is 0.0000695. The fourth-order valence-corrected chi connectivity index (χ4v) is 2.12. The fraction of sp³-hybridized carbons (Fsp3) is 0.167. The van der Waals surface area contributed by atoms with Crippen molar-refractivity contribution in [2.24, 2.45) is 16.8 Å². The predicted octanol–water partition coefficient (Wildman–Crippen LogP) is 1.13. The summed E-state index contributed by atoms with van der Waals surface area (Å²) in [4.78, 5) is 15.3. The van der Waals surface area contributed by atoms with Gasteiger partial charge in [0.05, 0.1) is 17.3 Å². The number of carboxylic acid groups (broad SMARTS) is 1. The predicted molar refractivity (Wildman–Crippen MR) is 80.7 cm³/mol. The number of rotatable bonds is 4. The van der Waals surface area contributed by atoms with E-state index in [-0.39, 0.29) is 27.2 Å². The smallest absolute Gasteiger partial charge is 0.452 e. The summed E-state index contributed by atoms with van der Waals surface area (Å²) in [5.74, 6) is 7.09. The zero-order valence-electron chi connectivity index (χ0n) is 12.3. The maximum atomic E-state index is 12.7. The Morgan fingerprint density at radius 3 is 2.68 bits per heavy atom. The number of hydrazone groups is 1. The van der Waals surface area contributed by atoms with Crippen molar-refractivity contribution >= 4 is 23.4 Å². The molecule has 0 saturated heterocycles. The Kier molecular flexibility index (Phi) is 5.13. The lowest BCUT2D eigenvalue weighted by Gasteiger charge is -2.20. The van der Waals surface area contributed by atoms with Gasteiger partial charge in [-0.3, -0.25) is 5.01 Å². The van der Waals surface area contributed by atoms with Gasteiger partial charge >= 0.3 is 12.1 Å². The van der Waals surface area contributed by atoms with Crippen LogP contribution in [0.25, 0.3) is 5.82 Å². The number of aromatic carboxylic acids is 1. The molecule has 0 bridgehead atoms. The zero-order chi connectivity index (χ0) is 18.8. The highest BCUT2D eigenvalue weighted by molar-refractivity contribution is 6.32. The molecule has 0 saturated carbocycles. The van der Waals surface area contributed by atoms with E-state index in [1.807, 2.05) is 0 Å². The Hall–Kier alpha value is -2.86. The number of hydrogen-bond acceptors (Lipinski definition) is 6. The maximum absolute atomic E-state index is 12.7. The standard InChI is InChI=1S/C12H11ClF3N7O2/c13-7-2-1-3-19-9(7)23-8(10(24)25)4-6(21-23)5-22(18)11(20-17)12(14,15)16/h1-4H,5,17-18H2,(H,24,25)/b20-11-. The molecule has 2 aromatic rings. The quantitative estimate of drug-likeness (QED) is 0.314. The first-order valence-electron chi connectivity index (χ1n) is 6.45. The maximum Gasteiger partial charge on any atom is 0.452 e. The van der Waals surface area contributed by atoms with Gasteiger partial charge in [-0.15, -0.1) is 0 Å². The van der Waals surface area contributed by atoms with Crippen LogP contribution < -0.4 is 11.7 Å². The monoisotopic (exact) mass is 377 g/mol. The first kappa shape index (κ1) is 18.5. The summed E-state index contributed by atoms with van der Waals surface area (Å²) in [6.45, 7) is -0.604. The minimum Gasteiger partial charge on any atom is -0.477 e. The van der Waals surface area contributed by atoms with Crippen molar-refractivity contribution in [2.75, 3.05) is 0 Å². The van der Waals surface area contributed by atoms with E-state index < -0.39 is 24.5 Å². The number of pyridine rings is 1. The molecule has 0 atom stereocenters. The van der Waals surface area contributed by atoms with Gasteiger partial charge in [-0.25, -0.2) is 20.3 Å². The van der Waals surface area contributed by atoms with Crippen LogP contribution in [0, 0.1) is 0 Å². The molecule has 0 spiro atoms. The van der Waals surface area contributed by atoms with Crippen molar-refractivity contribution < 1.29 is 23.1 Å². The average Bonchev–Trinajstić information content (AvgIpc) is 2.90. The molecule has 0 aliphatic carbocycles. The number of carboxylic acids is 1. The molecule has 13 heteroatoms. The van der Waals surface area contributed by atoms with Crippen LogP contribution >= 0.6 is 11.6 Å². The second-order valence-corrected chi connectivity index (χ2v) is 5.03. The molecule has 5 N–H and O–H groups in total. The van der Waals surface area contributed by atoms with Crippen molar-refractivity contribution in [3.05, 3.63) is 40.8 Å². The zero-order valence-corrected chi connectivity index (χ0v) is 13.0. The topological polar surface area (TPSA) is 136 Å². The Balaban J connectivity index is 2.40. The van der Waals surface area contributed by atoms with Gasteiger partial charge in [0.15, 0.2) is 11.5 Å². The largest absolute Gasteiger partial charge is 0.477 e. The van der Waals surface area contributed by atoms with Gasteiger partial charge in [0, 0.05) is 6.20 Å². The first-order valence-corrected chi connectivity index (χ1v) is 6.83. The Labute approximate surface area is 143 Å². The van der Waals surface area contributed by atoms with Crippen molar-refractivity contribution in [2.45, 2.75) is 12.7 Å². The van der Waals surface area contributed by atoms with Crippen molar-refractivity contribution in [1.82, 2.24) is 19.8 Å². The summed E-state index contributed by atoms with van der Waals surface area (Å²) in [5, 5.41) is 16.1. The summed E-state index contributed by atoms with van der Waals surface area (Å²) in [6.07, 6.45) is -3.53. The lowest BCUT2D eigenvalue weighted by molar-refractivity contribution is -0.0697. The number of nitrogens with two attached hydrogens (primary N) is 2. The van der Waals surface area contributed by atoms with Crippen molar-refractivity contribution in [3.63, 3.8) is 0 Å². The third-order valence-corrected chi connectivity index (χ3v) is 3.19. The Morgan fingerprint density at radius 2 is 2.16 bits per heavy atom. The molecule has 0 unspecified atom stereocenters. The number of carbonyl (C=O) groups is 1. The summed E-state index contributed by atoms with van der Waals surface area (Å²) in [7, 11) is 0. The molecule has 0 aromatic carbocycles. The molecule has 0 radical (unpaired) electrons. The molecular weight excluding hydrogens is 367 g/mol. The van der Waals surface area contributed by atoms with Crippen LogP contribution in [0.4, 0.5) is 13.2 Å². The molecule has 9 nitrogen and oxygen atoms in total. The summed E-state index contributed by atoms with van der Waals surface area (Å²) < 4.78 is 39.1. The molecule has 2 rings (SSSR count). The average molecular weight is 378 g/mol. The summed E-state index contributed by atoms with van der Waals surface area (Å²) in [6, 6.07) is 4.01. The number of alkyl halides is 3. The number of halogens is 4. The van der Waals surface area contributed by atoms with Gasteiger partial charge in [-0.2, -0.15) is 23.4 Å². The second-order valence-electron chi connectivity index (χ2n) is 4.63. The molecule has 0 aliphatic heterocycles. The minimum atomic E-state index is -4.88. The third kappa shape index (κ3) is 3.97. The number of nitrogens with zero attached hydrogens (tertiary/aromatic N) is 5. The van der Waals surface area contributed by atoms with E-state index in [1.54, 1.807) is 0 Å². The second kappa shape index (κ2) is 6.94. The Morgan fingerprint density at radius 1 is 1.48 bits per heavy atom. The van der Waals surface area contributed by atoms with Gasteiger partial charge < -0.3 is 10.9 Å². The number of hydrogen-bond donors (Lipinski definition) is 3. The van der Waals surface area contributed by atoms with E-state index in [0.717, 1.165) is 10.7 Å². The van der Waals surface area contributed by atoms with Gasteiger partial charge in [-0.1, -0.05) is 11.6 Å². The van der Waals surface area contributed by atoms with Gasteiger partial charge in [-0.05, 0) is 18.2 Å². The van der Waals surface area contributed by atoms with E-state index in [1.165, 1.54) is 18.3 Å². The molecule has 2 heterocycles. The Bertz CT molecular complexity index is 821. The summed E-state index contributed by atoms with van der Waals surface area (Å²) >= 11 is 5.95. The highest BCUT2D eigenvalue weighted by Gasteiger charge is 2.39. The highest BCUT2D eigenvalue weighted by atomic mass is 35.5. The van der Waals surface area contributed by atoms with Crippen LogP contribution in [-0.4, -0.2) is 42.9 Å². The van der Waals surface area contributed by atoms with E-state index in [9.17, 15) is 23.1 Å². The van der Waals surface area contributed by atoms with Crippen LogP contribution in [-0.2, 0) is 6.54 Å². The van der Waals surface area contributed by atoms with E-state index >= 15 is 0 Å². The van der Waals surface area contributed by atoms with Crippen molar-refractivity contribution in [1.29, 1.82) is 0 Å². The third-order valence-electron chi connectivity index (χ3n) is 2.90. The van der Waals surface area contributed by atoms with Gasteiger partial charge in [0.25, 0.3) is 0 Å². The van der Waals surface area contributed by atoms with Crippen LogP contribution in [0.1, 0.15) is 16.2 Å². The van der Waals surface area contributed by atoms with Crippen LogP contribution in [0.15, 0.2) is 29.5 Å². The van der Waals surface area contributed by atoms with Gasteiger partial charge in [0.1, 0.15) is 0 Å². The molecule has 2 aromatic heterocycles. The number of aromatic nitrogens is 3. The first-order chi connectivity index (χ1) is 11.6. The number of amidine groups is 1. The molecule has 134 valence electrons. The fourth-order valence-electron chi connectivity index (χ4n) is 1.91. The molecule has 0 fully saturated rings. The number of hydrazine groups is 1. The van der Waals surface area contributed by atoms with E-state index in [2.05, 4.69) is 15.2 Å². The van der Waals surface area contributed by atoms with Crippen LogP contribution in [0.5, 0.6) is 0 Å². The summed E-state index contributed by atoms with van der Waals surface area (Å²) in [5.41, 5.74) is -0.450. The highest BCUT2D eigenvalue weighted by Crippen LogP contribution is 2.22. The van der Waals surface area contributed by atoms with E-state index in [4.69, 9.17) is 23.3 Å². The molecular formula is C12H11ClF3N7O2. The molecule has 0 aliphatic rings. The van der Waals surface area contributed by atoms with Gasteiger partial charge in [0.2, 0.25) is 5.84 Å². The van der Waals surface area contributed by atoms with Crippen LogP contribution in [0.3, 0.4) is 0 Å². The SMILES string of the molecule is N/N=C(\N(N)Cc1cc(C(=O)O)n(-c2ncccc2Cl)n1)C(F)(F)F.